The second kappa shape index (κ2) is 7.93. The lowest BCUT2D eigenvalue weighted by atomic mass is 9.80. The van der Waals surface area contributed by atoms with Crippen molar-refractivity contribution in [2.45, 2.75) is 52.0 Å². The molecular weight excluding hydrogens is 376 g/mol. The highest BCUT2D eigenvalue weighted by molar-refractivity contribution is 6.08. The second-order valence-corrected chi connectivity index (χ2v) is 8.06. The van der Waals surface area contributed by atoms with Gasteiger partial charge in [-0.15, -0.1) is 0 Å². The number of anilines is 1. The van der Waals surface area contributed by atoms with Crippen LogP contribution in [0.25, 0.3) is 5.65 Å². The van der Waals surface area contributed by atoms with Gasteiger partial charge in [-0.1, -0.05) is 13.8 Å². The van der Waals surface area contributed by atoms with E-state index in [0.29, 0.717) is 23.0 Å². The van der Waals surface area contributed by atoms with Crippen molar-refractivity contribution in [1.82, 2.24) is 19.2 Å². The molecule has 0 saturated heterocycles. The first-order valence-corrected chi connectivity index (χ1v) is 10.0. The van der Waals surface area contributed by atoms with Gasteiger partial charge < -0.3 is 9.72 Å². The fourth-order valence-corrected chi connectivity index (χ4v) is 4.19. The fraction of sp³-hybridized carbons (Fsp3) is 0.476. The van der Waals surface area contributed by atoms with Crippen molar-refractivity contribution in [2.24, 2.45) is 11.8 Å². The summed E-state index contributed by atoms with van der Waals surface area (Å²) in [5.41, 5.74) is 0.478. The van der Waals surface area contributed by atoms with Crippen LogP contribution in [0.15, 0.2) is 36.9 Å². The van der Waals surface area contributed by atoms with Crippen LogP contribution in [-0.2, 0) is 0 Å². The summed E-state index contributed by atoms with van der Waals surface area (Å²) in [6.45, 7) is 4.45. The highest BCUT2D eigenvalue weighted by Crippen LogP contribution is 2.37. The quantitative estimate of drug-likeness (QED) is 0.646. The summed E-state index contributed by atoms with van der Waals surface area (Å²) in [7, 11) is 0. The number of hydrogen-bond acceptors (Lipinski definition) is 3. The standard InChI is InChI=1S/C21H25F2N5O/c1-13(2)14-4-6-15(7-5-14)28-12-17(18(26-28)19(22)23)25-21(29)16-8-11-27-10-3-9-24-20(16)27/h3,8-15,19H,4-7H2,1-2H3,(H,25,29)/t14-,15-. The van der Waals surface area contributed by atoms with E-state index in [4.69, 9.17) is 0 Å². The van der Waals surface area contributed by atoms with Gasteiger partial charge in [-0.3, -0.25) is 9.48 Å². The van der Waals surface area contributed by atoms with Gasteiger partial charge in [0.2, 0.25) is 0 Å². The van der Waals surface area contributed by atoms with Crippen LogP contribution in [0.1, 0.15) is 68.0 Å². The summed E-state index contributed by atoms with van der Waals surface area (Å²) >= 11 is 0. The van der Waals surface area contributed by atoms with Gasteiger partial charge in [0.05, 0.1) is 17.3 Å². The van der Waals surface area contributed by atoms with E-state index in [0.717, 1.165) is 25.7 Å². The average molecular weight is 401 g/mol. The Morgan fingerprint density at radius 1 is 1.21 bits per heavy atom. The van der Waals surface area contributed by atoms with E-state index >= 15 is 0 Å². The molecule has 1 saturated carbocycles. The minimum atomic E-state index is -2.76. The Morgan fingerprint density at radius 2 is 1.97 bits per heavy atom. The predicted molar refractivity (Wildman–Crippen MR) is 106 cm³/mol. The van der Waals surface area contributed by atoms with E-state index in [1.807, 2.05) is 0 Å². The summed E-state index contributed by atoms with van der Waals surface area (Å²) in [6, 6.07) is 3.46. The van der Waals surface area contributed by atoms with Crippen molar-refractivity contribution < 1.29 is 13.6 Å². The van der Waals surface area contributed by atoms with Crippen LogP contribution in [0.5, 0.6) is 0 Å². The van der Waals surface area contributed by atoms with Crippen LogP contribution in [0.2, 0.25) is 0 Å². The summed E-state index contributed by atoms with van der Waals surface area (Å²) in [4.78, 5) is 16.9. The van der Waals surface area contributed by atoms with Crippen LogP contribution in [0.3, 0.4) is 0 Å². The number of rotatable bonds is 5. The van der Waals surface area contributed by atoms with Gasteiger partial charge in [0, 0.05) is 24.8 Å². The molecule has 0 aliphatic heterocycles. The molecule has 1 amide bonds. The smallest absolute Gasteiger partial charge is 0.284 e. The molecule has 0 aromatic carbocycles. The summed E-state index contributed by atoms with van der Waals surface area (Å²) < 4.78 is 30.5. The van der Waals surface area contributed by atoms with E-state index in [1.165, 1.54) is 0 Å². The number of carbonyl (C=O) groups is 1. The molecule has 0 atom stereocenters. The van der Waals surface area contributed by atoms with Crippen LogP contribution < -0.4 is 5.32 Å². The van der Waals surface area contributed by atoms with Gasteiger partial charge in [-0.2, -0.15) is 5.10 Å². The van der Waals surface area contributed by atoms with Crippen molar-refractivity contribution in [2.75, 3.05) is 5.32 Å². The van der Waals surface area contributed by atoms with Crippen LogP contribution in [0.4, 0.5) is 14.5 Å². The lowest BCUT2D eigenvalue weighted by Gasteiger charge is -2.30. The molecule has 154 valence electrons. The molecule has 8 heteroatoms. The lowest BCUT2D eigenvalue weighted by molar-refractivity contribution is 0.102. The third kappa shape index (κ3) is 3.88. The minimum absolute atomic E-state index is 0.0614. The van der Waals surface area contributed by atoms with Gasteiger partial charge >= 0.3 is 0 Å². The zero-order valence-electron chi connectivity index (χ0n) is 16.6. The van der Waals surface area contributed by atoms with Gasteiger partial charge in [0.15, 0.2) is 5.69 Å². The van der Waals surface area contributed by atoms with Gasteiger partial charge in [-0.05, 0) is 49.7 Å². The van der Waals surface area contributed by atoms with E-state index in [2.05, 4.69) is 29.2 Å². The van der Waals surface area contributed by atoms with E-state index in [1.54, 1.807) is 46.0 Å². The third-order valence-electron chi connectivity index (χ3n) is 5.94. The highest BCUT2D eigenvalue weighted by Gasteiger charge is 2.28. The van der Waals surface area contributed by atoms with Crippen molar-refractivity contribution in [3.8, 4) is 0 Å². The van der Waals surface area contributed by atoms with Crippen LogP contribution >= 0.6 is 0 Å². The fourth-order valence-electron chi connectivity index (χ4n) is 4.19. The summed E-state index contributed by atoms with van der Waals surface area (Å²) in [6.07, 6.45) is 7.81. The van der Waals surface area contributed by atoms with E-state index < -0.39 is 12.3 Å². The van der Waals surface area contributed by atoms with Crippen molar-refractivity contribution in [1.29, 1.82) is 0 Å². The number of halogens is 2. The summed E-state index contributed by atoms with van der Waals surface area (Å²) in [5.74, 6) is 0.827. The Bertz CT molecular complexity index is 1000. The molecule has 0 radical (unpaired) electrons. The Labute approximate surface area is 167 Å². The van der Waals surface area contributed by atoms with E-state index in [-0.39, 0.29) is 17.4 Å². The number of aromatic nitrogens is 4. The number of carbonyl (C=O) groups excluding carboxylic acids is 1. The Kier molecular flexibility index (Phi) is 5.34. The zero-order chi connectivity index (χ0) is 20.5. The molecule has 0 unspecified atom stereocenters. The third-order valence-corrected chi connectivity index (χ3v) is 5.94. The number of fused-ring (bicyclic) bond motifs is 1. The number of nitrogens with zero attached hydrogens (tertiary/aromatic N) is 4. The van der Waals surface area contributed by atoms with Gasteiger partial charge in [0.25, 0.3) is 12.3 Å². The van der Waals surface area contributed by atoms with Gasteiger partial charge in [0.1, 0.15) is 5.65 Å². The number of hydrogen-bond donors (Lipinski definition) is 1. The van der Waals surface area contributed by atoms with Gasteiger partial charge in [-0.25, -0.2) is 13.8 Å². The molecule has 4 rings (SSSR count). The molecular formula is C21H25F2N5O. The molecule has 0 bridgehead atoms. The first-order chi connectivity index (χ1) is 13.9. The minimum Gasteiger partial charge on any atom is -0.319 e. The first kappa shape index (κ1) is 19.5. The first-order valence-electron chi connectivity index (χ1n) is 10.0. The molecule has 1 aliphatic carbocycles. The SMILES string of the molecule is CC(C)[C@H]1CC[C@H](n2cc(NC(=O)c3ccn4cccnc34)c(C(F)F)n2)CC1. The molecule has 3 aromatic rings. The molecule has 3 aromatic heterocycles. The van der Waals surface area contributed by atoms with Crippen molar-refractivity contribution in [3.05, 3.63) is 48.2 Å². The summed E-state index contributed by atoms with van der Waals surface area (Å²) in [5, 5.41) is 6.75. The average Bonchev–Trinajstić information content (AvgIpc) is 3.32. The van der Waals surface area contributed by atoms with Crippen molar-refractivity contribution in [3.63, 3.8) is 0 Å². The zero-order valence-corrected chi connectivity index (χ0v) is 16.6. The maximum absolute atomic E-state index is 13.6. The molecule has 1 aliphatic rings. The van der Waals surface area contributed by atoms with E-state index in [9.17, 15) is 13.6 Å². The van der Waals surface area contributed by atoms with Crippen LogP contribution in [0, 0.1) is 11.8 Å². The Balaban J connectivity index is 1.55. The largest absolute Gasteiger partial charge is 0.319 e. The molecule has 1 N–H and O–H groups in total. The molecule has 0 spiro atoms. The number of amides is 1. The highest BCUT2D eigenvalue weighted by atomic mass is 19.3. The van der Waals surface area contributed by atoms with Crippen LogP contribution in [-0.4, -0.2) is 25.1 Å². The maximum Gasteiger partial charge on any atom is 0.284 e. The second-order valence-electron chi connectivity index (χ2n) is 8.06. The molecule has 6 nitrogen and oxygen atoms in total. The maximum atomic E-state index is 13.6. The van der Waals surface area contributed by atoms with Crippen molar-refractivity contribution >= 4 is 17.2 Å². The Morgan fingerprint density at radius 3 is 2.66 bits per heavy atom. The normalized spacial score (nSPS) is 19.9. The number of alkyl halides is 2. The lowest BCUT2D eigenvalue weighted by Crippen LogP contribution is -2.21. The molecule has 1 fully saturated rings. The Hall–Kier alpha value is -2.77. The monoisotopic (exact) mass is 401 g/mol. The molecule has 29 heavy (non-hydrogen) atoms. The predicted octanol–water partition coefficient (Wildman–Crippen LogP) is 5.11. The topological polar surface area (TPSA) is 64.2 Å². The molecule has 3 heterocycles. The number of nitrogens with one attached hydrogen (secondary N) is 1.